The van der Waals surface area contributed by atoms with Gasteiger partial charge >= 0.3 is 0 Å². The van der Waals surface area contributed by atoms with Gasteiger partial charge in [0.2, 0.25) is 0 Å². The van der Waals surface area contributed by atoms with Crippen molar-refractivity contribution in [3.8, 4) is 0 Å². The van der Waals surface area contributed by atoms with Crippen molar-refractivity contribution in [2.24, 2.45) is 11.8 Å². The second-order valence-corrected chi connectivity index (χ2v) is 12.8. The lowest BCUT2D eigenvalue weighted by atomic mass is 9.91. The molecular formula is C36H74. The van der Waals surface area contributed by atoms with E-state index >= 15 is 0 Å². The smallest absolute Gasteiger partial charge is 0.0440 e. The molecule has 0 spiro atoms. The zero-order chi connectivity index (χ0) is 26.4. The van der Waals surface area contributed by atoms with Crippen molar-refractivity contribution in [1.29, 1.82) is 0 Å². The Morgan fingerprint density at radius 3 is 0.806 bits per heavy atom. The molecule has 0 aliphatic carbocycles. The molecule has 0 heteroatoms. The van der Waals surface area contributed by atoms with Crippen LogP contribution in [0, 0.1) is 11.8 Å². The molecule has 218 valence electrons. The summed E-state index contributed by atoms with van der Waals surface area (Å²) in [4.78, 5) is 0. The first-order valence-electron chi connectivity index (χ1n) is 17.7. The monoisotopic (exact) mass is 507 g/mol. The minimum Gasteiger partial charge on any atom is -0.0654 e. The van der Waals surface area contributed by atoms with E-state index in [0.717, 1.165) is 11.8 Å². The third-order valence-corrected chi connectivity index (χ3v) is 8.80. The van der Waals surface area contributed by atoms with Crippen LogP contribution in [0.3, 0.4) is 0 Å². The molecule has 0 rings (SSSR count). The van der Waals surface area contributed by atoms with Gasteiger partial charge in [0.05, 0.1) is 0 Å². The van der Waals surface area contributed by atoms with Crippen LogP contribution in [0.4, 0.5) is 0 Å². The van der Waals surface area contributed by atoms with E-state index in [1.165, 1.54) is 193 Å². The molecule has 0 amide bonds. The van der Waals surface area contributed by atoms with Crippen LogP contribution in [0.2, 0.25) is 0 Å². The predicted octanol–water partition coefficient (Wildman–Crippen LogP) is 14.0. The molecule has 0 saturated heterocycles. The summed E-state index contributed by atoms with van der Waals surface area (Å²) in [5, 5.41) is 0. The maximum Gasteiger partial charge on any atom is -0.0440 e. The van der Waals surface area contributed by atoms with E-state index in [1.54, 1.807) is 0 Å². The summed E-state index contributed by atoms with van der Waals surface area (Å²) < 4.78 is 0. The topological polar surface area (TPSA) is 0 Å². The fraction of sp³-hybridized carbons (Fsp3) is 1.00. The molecule has 2 atom stereocenters. The highest BCUT2D eigenvalue weighted by Crippen LogP contribution is 2.21. The first kappa shape index (κ1) is 36.0. The van der Waals surface area contributed by atoms with E-state index in [-0.39, 0.29) is 0 Å². The summed E-state index contributed by atoms with van der Waals surface area (Å²) in [6, 6.07) is 0. The molecule has 0 aliphatic heterocycles. The summed E-state index contributed by atoms with van der Waals surface area (Å²) in [6.07, 6.45) is 44.3. The normalized spacial score (nSPS) is 13.3. The summed E-state index contributed by atoms with van der Waals surface area (Å²) >= 11 is 0. The standard InChI is InChI=1S/C36H74/c1-5-7-8-9-10-11-12-13-14-15-16-17-18-19-20-21-22-23-24-25-26-27-28-29-30-31-32-33-36(4)34-35(3)6-2/h35-36H,5-34H2,1-4H3. The van der Waals surface area contributed by atoms with Crippen LogP contribution in [0.25, 0.3) is 0 Å². The van der Waals surface area contributed by atoms with Crippen molar-refractivity contribution in [2.75, 3.05) is 0 Å². The average molecular weight is 507 g/mol. The van der Waals surface area contributed by atoms with E-state index < -0.39 is 0 Å². The number of hydrogen-bond acceptors (Lipinski definition) is 0. The summed E-state index contributed by atoms with van der Waals surface area (Å²) in [7, 11) is 0. The first-order valence-corrected chi connectivity index (χ1v) is 17.7. The van der Waals surface area contributed by atoms with Crippen LogP contribution in [-0.2, 0) is 0 Å². The van der Waals surface area contributed by atoms with Crippen molar-refractivity contribution in [1.82, 2.24) is 0 Å². The fourth-order valence-corrected chi connectivity index (χ4v) is 5.96. The lowest BCUT2D eigenvalue weighted by Gasteiger charge is -2.15. The highest BCUT2D eigenvalue weighted by molar-refractivity contribution is 4.59. The van der Waals surface area contributed by atoms with Gasteiger partial charge in [-0.25, -0.2) is 0 Å². The molecule has 36 heavy (non-hydrogen) atoms. The molecule has 2 unspecified atom stereocenters. The third kappa shape index (κ3) is 30.2. The molecule has 0 N–H and O–H groups in total. The highest BCUT2D eigenvalue weighted by atomic mass is 14.1. The van der Waals surface area contributed by atoms with E-state index in [4.69, 9.17) is 0 Å². The van der Waals surface area contributed by atoms with Gasteiger partial charge in [0.15, 0.2) is 0 Å². The summed E-state index contributed by atoms with van der Waals surface area (Å²) in [5.41, 5.74) is 0. The van der Waals surface area contributed by atoms with Crippen molar-refractivity contribution >= 4 is 0 Å². The van der Waals surface area contributed by atoms with Gasteiger partial charge in [-0.05, 0) is 18.3 Å². The highest BCUT2D eigenvalue weighted by Gasteiger charge is 2.06. The Morgan fingerprint density at radius 2 is 0.556 bits per heavy atom. The zero-order valence-corrected chi connectivity index (χ0v) is 26.4. The Balaban J connectivity index is 3.08. The van der Waals surface area contributed by atoms with Gasteiger partial charge in [0.25, 0.3) is 0 Å². The molecule has 0 aromatic carbocycles. The lowest BCUT2D eigenvalue weighted by Crippen LogP contribution is -2.02. The molecule has 0 heterocycles. The second-order valence-electron chi connectivity index (χ2n) is 12.8. The molecule has 0 saturated carbocycles. The Hall–Kier alpha value is 0. The number of rotatable bonds is 31. The van der Waals surface area contributed by atoms with E-state index in [9.17, 15) is 0 Å². The van der Waals surface area contributed by atoms with E-state index in [2.05, 4.69) is 27.7 Å². The fourth-order valence-electron chi connectivity index (χ4n) is 5.96. The first-order chi connectivity index (χ1) is 17.7. The van der Waals surface area contributed by atoms with Crippen LogP contribution in [0.1, 0.15) is 220 Å². The van der Waals surface area contributed by atoms with Gasteiger partial charge in [0, 0.05) is 0 Å². The molecule has 0 bridgehead atoms. The maximum atomic E-state index is 2.46. The molecule has 0 radical (unpaired) electrons. The second kappa shape index (κ2) is 31.2. The van der Waals surface area contributed by atoms with Crippen LogP contribution in [0.5, 0.6) is 0 Å². The third-order valence-electron chi connectivity index (χ3n) is 8.80. The molecule has 0 aromatic heterocycles. The van der Waals surface area contributed by atoms with Crippen LogP contribution < -0.4 is 0 Å². The van der Waals surface area contributed by atoms with Gasteiger partial charge in [0.1, 0.15) is 0 Å². The average Bonchev–Trinajstić information content (AvgIpc) is 2.88. The molecule has 0 aliphatic rings. The largest absolute Gasteiger partial charge is 0.0654 e. The minimum absolute atomic E-state index is 0.925. The Kier molecular flexibility index (Phi) is 31.2. The van der Waals surface area contributed by atoms with Crippen LogP contribution >= 0.6 is 0 Å². The number of unbranched alkanes of at least 4 members (excludes halogenated alkanes) is 26. The van der Waals surface area contributed by atoms with Crippen molar-refractivity contribution in [3.05, 3.63) is 0 Å². The quantitative estimate of drug-likeness (QED) is 0.0820. The molecule has 0 aromatic rings. The van der Waals surface area contributed by atoms with Gasteiger partial charge in [-0.1, -0.05) is 214 Å². The van der Waals surface area contributed by atoms with E-state index in [1.807, 2.05) is 0 Å². The molecular weight excluding hydrogens is 432 g/mol. The maximum absolute atomic E-state index is 2.46. The van der Waals surface area contributed by atoms with Gasteiger partial charge in [-0.15, -0.1) is 0 Å². The summed E-state index contributed by atoms with van der Waals surface area (Å²) in [6.45, 7) is 9.52. The Labute approximate surface area is 232 Å². The van der Waals surface area contributed by atoms with Gasteiger partial charge in [-0.3, -0.25) is 0 Å². The van der Waals surface area contributed by atoms with Crippen molar-refractivity contribution < 1.29 is 0 Å². The van der Waals surface area contributed by atoms with Crippen LogP contribution in [-0.4, -0.2) is 0 Å². The molecule has 0 fully saturated rings. The molecule has 0 nitrogen and oxygen atoms in total. The van der Waals surface area contributed by atoms with Gasteiger partial charge in [-0.2, -0.15) is 0 Å². The van der Waals surface area contributed by atoms with E-state index in [0.29, 0.717) is 0 Å². The predicted molar refractivity (Wildman–Crippen MR) is 168 cm³/mol. The van der Waals surface area contributed by atoms with Crippen molar-refractivity contribution in [3.63, 3.8) is 0 Å². The van der Waals surface area contributed by atoms with Crippen molar-refractivity contribution in [2.45, 2.75) is 220 Å². The SMILES string of the molecule is CCCCCCCCCCCCCCCCCCCCCCCCCCCCCC(C)CC(C)CC. The lowest BCUT2D eigenvalue weighted by molar-refractivity contribution is 0.374. The zero-order valence-electron chi connectivity index (χ0n) is 26.4. The number of hydrogen-bond donors (Lipinski definition) is 0. The summed E-state index contributed by atoms with van der Waals surface area (Å²) in [5.74, 6) is 1.87. The minimum atomic E-state index is 0.925. The Morgan fingerprint density at radius 1 is 0.306 bits per heavy atom. The van der Waals surface area contributed by atoms with Crippen LogP contribution in [0.15, 0.2) is 0 Å². The van der Waals surface area contributed by atoms with Gasteiger partial charge < -0.3 is 0 Å². The Bertz CT molecular complexity index is 372.